The van der Waals surface area contributed by atoms with Gasteiger partial charge in [-0.25, -0.2) is 0 Å². The van der Waals surface area contributed by atoms with Gasteiger partial charge >= 0.3 is 0 Å². The molecule has 1 rings (SSSR count). The predicted octanol–water partition coefficient (Wildman–Crippen LogP) is 0.198. The Hall–Kier alpha value is -0.240. The minimum Gasteiger partial charge on any atom is -0.270 e. The summed E-state index contributed by atoms with van der Waals surface area (Å²) in [5.41, 5.74) is -0.0787. The van der Waals surface area contributed by atoms with E-state index in [-0.39, 0.29) is 5.50 Å². The van der Waals surface area contributed by atoms with Gasteiger partial charge in [-0.1, -0.05) is 11.6 Å². The van der Waals surface area contributed by atoms with E-state index in [0.29, 0.717) is 6.54 Å². The highest BCUT2D eigenvalue weighted by molar-refractivity contribution is 6.21. The molecule has 3 heteroatoms. The van der Waals surface area contributed by atoms with Crippen molar-refractivity contribution in [3.05, 3.63) is 0 Å². The Labute approximate surface area is 41.2 Å². The van der Waals surface area contributed by atoms with Crippen LogP contribution in [0.2, 0.25) is 0 Å². The molecule has 0 saturated carbocycles. The number of halogens is 1. The second kappa shape index (κ2) is 1.47. The molecule has 0 aromatic carbocycles. The third-order valence-electron chi connectivity index (χ3n) is 0.566. The molecule has 1 aliphatic heterocycles. The van der Waals surface area contributed by atoms with Gasteiger partial charge in [0.2, 0.25) is 0 Å². The fourth-order valence-corrected chi connectivity index (χ4v) is 0.431. The molecule has 1 unspecified atom stereocenters. The van der Waals surface area contributed by atoms with Crippen LogP contribution in [0.5, 0.6) is 0 Å². The van der Waals surface area contributed by atoms with Gasteiger partial charge < -0.3 is 0 Å². The maximum Gasteiger partial charge on any atom is 0.145 e. The van der Waals surface area contributed by atoms with Crippen molar-refractivity contribution >= 4 is 17.9 Å². The fraction of sp³-hybridized carbons (Fsp3) is 0.667. The average molecular weight is 104 g/mol. The SMILES string of the molecule is ClC1CN=C[N]1. The Kier molecular flexibility index (Phi) is 0.965. The van der Waals surface area contributed by atoms with Crippen molar-refractivity contribution in [2.24, 2.45) is 4.99 Å². The van der Waals surface area contributed by atoms with Gasteiger partial charge in [0.1, 0.15) is 11.8 Å². The molecule has 0 aliphatic carbocycles. The van der Waals surface area contributed by atoms with Crippen LogP contribution in [0.3, 0.4) is 0 Å². The minimum absolute atomic E-state index is 0.0787. The summed E-state index contributed by atoms with van der Waals surface area (Å²) in [6, 6.07) is 0. The third-order valence-corrected chi connectivity index (χ3v) is 0.817. The molecule has 1 aliphatic rings. The zero-order valence-corrected chi connectivity index (χ0v) is 3.89. The number of rotatable bonds is 0. The summed E-state index contributed by atoms with van der Waals surface area (Å²) in [6.45, 7) is 0.654. The lowest BCUT2D eigenvalue weighted by atomic mass is 10.7. The Morgan fingerprint density at radius 1 is 1.83 bits per heavy atom. The molecule has 1 atom stereocenters. The number of aliphatic imine (C=N–C) groups is 1. The van der Waals surface area contributed by atoms with Crippen molar-refractivity contribution in [2.75, 3.05) is 6.54 Å². The second-order valence-electron chi connectivity index (χ2n) is 1.06. The highest BCUT2D eigenvalue weighted by Gasteiger charge is 2.04. The van der Waals surface area contributed by atoms with Crippen LogP contribution in [0, 0.1) is 0 Å². The summed E-state index contributed by atoms with van der Waals surface area (Å²) >= 11 is 5.42. The molecule has 0 spiro atoms. The van der Waals surface area contributed by atoms with Crippen molar-refractivity contribution in [2.45, 2.75) is 5.50 Å². The molecular formula is C3H4ClN2. The van der Waals surface area contributed by atoms with E-state index >= 15 is 0 Å². The second-order valence-corrected chi connectivity index (χ2v) is 1.57. The fourth-order valence-electron chi connectivity index (χ4n) is 0.301. The molecule has 0 amide bonds. The van der Waals surface area contributed by atoms with E-state index in [2.05, 4.69) is 10.3 Å². The Bertz CT molecular complexity index is 63.2. The van der Waals surface area contributed by atoms with Gasteiger partial charge in [0.15, 0.2) is 0 Å². The zero-order chi connectivity index (χ0) is 4.41. The highest BCUT2D eigenvalue weighted by atomic mass is 35.5. The number of alkyl halides is 1. The van der Waals surface area contributed by atoms with Crippen molar-refractivity contribution in [1.29, 1.82) is 0 Å². The van der Waals surface area contributed by atoms with Gasteiger partial charge in [0.05, 0.1) is 6.54 Å². The van der Waals surface area contributed by atoms with Crippen molar-refractivity contribution < 1.29 is 0 Å². The first-order chi connectivity index (χ1) is 2.89. The minimum atomic E-state index is -0.0787. The third kappa shape index (κ3) is 0.627. The maximum atomic E-state index is 5.42. The molecule has 0 aromatic heterocycles. The summed E-state index contributed by atoms with van der Waals surface area (Å²) in [7, 11) is 0. The average Bonchev–Trinajstić information content (AvgIpc) is 1.86. The van der Waals surface area contributed by atoms with Crippen LogP contribution in [0.1, 0.15) is 0 Å². The van der Waals surface area contributed by atoms with E-state index in [1.54, 1.807) is 0 Å². The first-order valence-corrected chi connectivity index (χ1v) is 2.15. The lowest BCUT2D eigenvalue weighted by Crippen LogP contribution is -2.08. The van der Waals surface area contributed by atoms with E-state index in [1.165, 1.54) is 6.34 Å². The van der Waals surface area contributed by atoms with Crippen LogP contribution in [0.4, 0.5) is 0 Å². The molecular weight excluding hydrogens is 99.5 g/mol. The van der Waals surface area contributed by atoms with Crippen molar-refractivity contribution in [1.82, 2.24) is 5.32 Å². The molecule has 0 bridgehead atoms. The topological polar surface area (TPSA) is 26.5 Å². The normalized spacial score (nSPS) is 30.5. The van der Waals surface area contributed by atoms with Crippen molar-refractivity contribution in [3.8, 4) is 0 Å². The number of hydrogen-bond acceptors (Lipinski definition) is 1. The molecule has 0 fully saturated rings. The molecule has 0 aromatic rings. The summed E-state index contributed by atoms with van der Waals surface area (Å²) in [5.74, 6) is 0. The Balaban J connectivity index is 2.32. The molecule has 0 N–H and O–H groups in total. The summed E-state index contributed by atoms with van der Waals surface area (Å²) in [5, 5.41) is 3.71. The summed E-state index contributed by atoms with van der Waals surface area (Å²) in [6.07, 6.45) is 1.50. The molecule has 1 heterocycles. The van der Waals surface area contributed by atoms with E-state index in [0.717, 1.165) is 0 Å². The first-order valence-electron chi connectivity index (χ1n) is 1.72. The van der Waals surface area contributed by atoms with Crippen LogP contribution in [-0.4, -0.2) is 18.4 Å². The van der Waals surface area contributed by atoms with E-state index in [1.807, 2.05) is 0 Å². The smallest absolute Gasteiger partial charge is 0.145 e. The number of nitrogens with zero attached hydrogens (tertiary/aromatic N) is 2. The molecule has 2 nitrogen and oxygen atoms in total. The molecule has 0 saturated heterocycles. The lowest BCUT2D eigenvalue weighted by Gasteiger charge is -1.87. The molecule has 33 valence electrons. The summed E-state index contributed by atoms with van der Waals surface area (Å²) in [4.78, 5) is 3.74. The van der Waals surface area contributed by atoms with Crippen LogP contribution >= 0.6 is 11.6 Å². The standard InChI is InChI=1S/C3H4ClN2/c4-3-1-5-2-6-3/h2-3H,1H2. The first kappa shape index (κ1) is 3.93. The largest absolute Gasteiger partial charge is 0.270 e. The molecule has 1 radical (unpaired) electrons. The van der Waals surface area contributed by atoms with E-state index in [4.69, 9.17) is 11.6 Å². The predicted molar refractivity (Wildman–Crippen MR) is 25.1 cm³/mol. The zero-order valence-electron chi connectivity index (χ0n) is 3.13. The van der Waals surface area contributed by atoms with Gasteiger partial charge in [0.25, 0.3) is 0 Å². The quantitative estimate of drug-likeness (QED) is 0.309. The van der Waals surface area contributed by atoms with Gasteiger partial charge in [-0.2, -0.15) is 0 Å². The van der Waals surface area contributed by atoms with Crippen LogP contribution in [-0.2, 0) is 0 Å². The monoisotopic (exact) mass is 103 g/mol. The van der Waals surface area contributed by atoms with Crippen LogP contribution < -0.4 is 5.32 Å². The highest BCUT2D eigenvalue weighted by Crippen LogP contribution is 1.95. The van der Waals surface area contributed by atoms with Crippen molar-refractivity contribution in [3.63, 3.8) is 0 Å². The Morgan fingerprint density at radius 2 is 2.67 bits per heavy atom. The van der Waals surface area contributed by atoms with E-state index < -0.39 is 0 Å². The van der Waals surface area contributed by atoms with Crippen LogP contribution in [0.15, 0.2) is 4.99 Å². The number of hydrogen-bond donors (Lipinski definition) is 0. The lowest BCUT2D eigenvalue weighted by molar-refractivity contribution is 0.871. The van der Waals surface area contributed by atoms with Crippen LogP contribution in [0.25, 0.3) is 0 Å². The van der Waals surface area contributed by atoms with Gasteiger partial charge in [-0.05, 0) is 0 Å². The Morgan fingerprint density at radius 3 is 2.83 bits per heavy atom. The maximum absolute atomic E-state index is 5.42. The summed E-state index contributed by atoms with van der Waals surface area (Å²) < 4.78 is 0. The molecule has 6 heavy (non-hydrogen) atoms. The van der Waals surface area contributed by atoms with Gasteiger partial charge in [-0.3, -0.25) is 10.3 Å². The van der Waals surface area contributed by atoms with Gasteiger partial charge in [-0.15, -0.1) is 0 Å². The van der Waals surface area contributed by atoms with E-state index in [9.17, 15) is 0 Å². The van der Waals surface area contributed by atoms with Gasteiger partial charge in [0, 0.05) is 0 Å².